The summed E-state index contributed by atoms with van der Waals surface area (Å²) in [6.45, 7) is 0. The van der Waals surface area contributed by atoms with Crippen LogP contribution in [-0.4, -0.2) is 24.7 Å². The Hall–Kier alpha value is -2.64. The smallest absolute Gasteiger partial charge is 0.350 e. The largest absolute Gasteiger partial charge is 0.465 e. The van der Waals surface area contributed by atoms with Crippen LogP contribution in [0.15, 0.2) is 65.6 Å². The molecule has 0 aliphatic rings. The van der Waals surface area contributed by atoms with E-state index < -0.39 is 5.97 Å². The SMILES string of the molecule is COC(=O)c1sc(-c2ccccc2)cc1NC(=O)CSc1ccc(F)cc1. The number of nitrogens with one attached hydrogen (secondary N) is 1. The number of carbonyl (C=O) groups is 2. The van der Waals surface area contributed by atoms with Crippen LogP contribution in [0.4, 0.5) is 10.1 Å². The van der Waals surface area contributed by atoms with E-state index in [4.69, 9.17) is 4.74 Å². The van der Waals surface area contributed by atoms with Gasteiger partial charge in [0.1, 0.15) is 10.7 Å². The van der Waals surface area contributed by atoms with Gasteiger partial charge in [-0.3, -0.25) is 4.79 Å². The molecule has 138 valence electrons. The zero-order valence-corrected chi connectivity index (χ0v) is 16.0. The zero-order chi connectivity index (χ0) is 19.2. The van der Waals surface area contributed by atoms with Crippen LogP contribution in [0.3, 0.4) is 0 Å². The Balaban J connectivity index is 1.74. The molecule has 27 heavy (non-hydrogen) atoms. The molecule has 0 fully saturated rings. The van der Waals surface area contributed by atoms with E-state index in [0.29, 0.717) is 10.6 Å². The standard InChI is InChI=1S/C20H16FNO3S2/c1-25-20(24)19-16(11-17(27-19)13-5-3-2-4-6-13)22-18(23)12-26-15-9-7-14(21)8-10-15/h2-11H,12H2,1H3,(H,22,23). The molecule has 1 N–H and O–H groups in total. The minimum Gasteiger partial charge on any atom is -0.465 e. The van der Waals surface area contributed by atoms with Gasteiger partial charge in [0.25, 0.3) is 0 Å². The highest BCUT2D eigenvalue weighted by Gasteiger charge is 2.19. The lowest BCUT2D eigenvalue weighted by Crippen LogP contribution is -2.15. The molecule has 1 heterocycles. The quantitative estimate of drug-likeness (QED) is 0.463. The number of esters is 1. The molecule has 0 saturated carbocycles. The van der Waals surface area contributed by atoms with E-state index in [1.807, 2.05) is 30.3 Å². The number of methoxy groups -OCH3 is 1. The van der Waals surface area contributed by atoms with Crippen LogP contribution < -0.4 is 5.32 Å². The summed E-state index contributed by atoms with van der Waals surface area (Å²) >= 11 is 2.55. The van der Waals surface area contributed by atoms with Gasteiger partial charge in [-0.15, -0.1) is 23.1 Å². The van der Waals surface area contributed by atoms with Crippen molar-refractivity contribution in [3.63, 3.8) is 0 Å². The first-order valence-corrected chi connectivity index (χ1v) is 9.83. The maximum atomic E-state index is 12.9. The van der Waals surface area contributed by atoms with Gasteiger partial charge >= 0.3 is 5.97 Å². The number of hydrogen-bond donors (Lipinski definition) is 1. The van der Waals surface area contributed by atoms with Gasteiger partial charge in [0.15, 0.2) is 0 Å². The fourth-order valence-corrected chi connectivity index (χ4v) is 4.07. The molecule has 0 aliphatic heterocycles. The zero-order valence-electron chi connectivity index (χ0n) is 14.4. The van der Waals surface area contributed by atoms with Crippen molar-refractivity contribution in [3.05, 3.63) is 71.4 Å². The number of benzene rings is 2. The molecule has 0 spiro atoms. The fourth-order valence-electron chi connectivity index (χ4n) is 2.34. The van der Waals surface area contributed by atoms with Crippen LogP contribution >= 0.6 is 23.1 Å². The Morgan fingerprint density at radius 2 is 1.81 bits per heavy atom. The van der Waals surface area contributed by atoms with Gasteiger partial charge in [-0.2, -0.15) is 0 Å². The molecule has 0 bridgehead atoms. The molecule has 0 saturated heterocycles. The monoisotopic (exact) mass is 401 g/mol. The first-order chi connectivity index (χ1) is 13.1. The van der Waals surface area contributed by atoms with Gasteiger partial charge in [-0.25, -0.2) is 9.18 Å². The maximum absolute atomic E-state index is 12.9. The molecule has 3 aromatic rings. The molecule has 7 heteroatoms. The topological polar surface area (TPSA) is 55.4 Å². The van der Waals surface area contributed by atoms with Crippen molar-refractivity contribution in [1.82, 2.24) is 0 Å². The van der Waals surface area contributed by atoms with Crippen LogP contribution in [0.2, 0.25) is 0 Å². The molecule has 0 aliphatic carbocycles. The van der Waals surface area contributed by atoms with Crippen molar-refractivity contribution in [1.29, 1.82) is 0 Å². The van der Waals surface area contributed by atoms with Crippen LogP contribution in [0.25, 0.3) is 10.4 Å². The van der Waals surface area contributed by atoms with Crippen molar-refractivity contribution in [2.24, 2.45) is 0 Å². The Morgan fingerprint density at radius 3 is 2.48 bits per heavy atom. The predicted molar refractivity (Wildman–Crippen MR) is 107 cm³/mol. The minimum atomic E-state index is -0.497. The third-order valence-corrected chi connectivity index (χ3v) is 5.80. The Bertz CT molecular complexity index is 940. The van der Waals surface area contributed by atoms with Crippen LogP contribution in [0.1, 0.15) is 9.67 Å². The number of halogens is 1. The second kappa shape index (κ2) is 8.83. The van der Waals surface area contributed by atoms with E-state index >= 15 is 0 Å². The molecule has 1 amide bonds. The summed E-state index contributed by atoms with van der Waals surface area (Å²) < 4.78 is 17.8. The number of thioether (sulfide) groups is 1. The number of rotatable bonds is 6. The van der Waals surface area contributed by atoms with E-state index in [2.05, 4.69) is 5.32 Å². The molecule has 0 unspecified atom stereocenters. The Labute approximate surface area is 164 Å². The molecular formula is C20H16FNO3S2. The van der Waals surface area contributed by atoms with Gasteiger partial charge < -0.3 is 10.1 Å². The maximum Gasteiger partial charge on any atom is 0.350 e. The molecular weight excluding hydrogens is 385 g/mol. The normalized spacial score (nSPS) is 10.4. The van der Waals surface area contributed by atoms with Gasteiger partial charge in [-0.05, 0) is 35.9 Å². The van der Waals surface area contributed by atoms with E-state index in [1.165, 1.54) is 42.3 Å². The number of hydrogen-bond acceptors (Lipinski definition) is 5. The first kappa shape index (κ1) is 19.1. The van der Waals surface area contributed by atoms with Crippen molar-refractivity contribution >= 4 is 40.7 Å². The summed E-state index contributed by atoms with van der Waals surface area (Å²) in [6.07, 6.45) is 0. The van der Waals surface area contributed by atoms with Crippen LogP contribution in [0.5, 0.6) is 0 Å². The summed E-state index contributed by atoms with van der Waals surface area (Å²) in [6, 6.07) is 17.3. The Morgan fingerprint density at radius 1 is 1.11 bits per heavy atom. The average Bonchev–Trinajstić information content (AvgIpc) is 3.11. The van der Waals surface area contributed by atoms with Crippen molar-refractivity contribution in [3.8, 4) is 10.4 Å². The summed E-state index contributed by atoms with van der Waals surface area (Å²) in [5.74, 6) is -0.934. The lowest BCUT2D eigenvalue weighted by Gasteiger charge is -2.05. The minimum absolute atomic E-state index is 0.142. The highest BCUT2D eigenvalue weighted by atomic mass is 32.2. The Kier molecular flexibility index (Phi) is 6.26. The van der Waals surface area contributed by atoms with Crippen LogP contribution in [0, 0.1) is 5.82 Å². The molecule has 2 aromatic carbocycles. The molecule has 1 aromatic heterocycles. The average molecular weight is 401 g/mol. The van der Waals surface area contributed by atoms with Gasteiger partial charge in [0, 0.05) is 9.77 Å². The summed E-state index contributed by atoms with van der Waals surface area (Å²) in [7, 11) is 1.31. The third kappa shape index (κ3) is 4.96. The first-order valence-electron chi connectivity index (χ1n) is 8.02. The highest BCUT2D eigenvalue weighted by Crippen LogP contribution is 2.35. The van der Waals surface area contributed by atoms with Crippen LogP contribution in [-0.2, 0) is 9.53 Å². The fraction of sp³-hybridized carbons (Fsp3) is 0.100. The van der Waals surface area contributed by atoms with Gasteiger partial charge in [0.2, 0.25) is 5.91 Å². The van der Waals surface area contributed by atoms with Crippen molar-refractivity contribution < 1.29 is 18.7 Å². The second-order valence-electron chi connectivity index (χ2n) is 5.50. The van der Waals surface area contributed by atoms with E-state index in [-0.39, 0.29) is 17.5 Å². The van der Waals surface area contributed by atoms with Crippen molar-refractivity contribution in [2.75, 3.05) is 18.2 Å². The number of anilines is 1. The van der Waals surface area contributed by atoms with Gasteiger partial charge in [-0.1, -0.05) is 30.3 Å². The predicted octanol–water partition coefficient (Wildman–Crippen LogP) is 5.07. The number of amides is 1. The third-order valence-electron chi connectivity index (χ3n) is 3.62. The number of carbonyl (C=O) groups excluding carboxylic acids is 2. The van der Waals surface area contributed by atoms with Gasteiger partial charge in [0.05, 0.1) is 18.6 Å². The molecule has 4 nitrogen and oxygen atoms in total. The number of ether oxygens (including phenoxy) is 1. The number of thiophene rings is 1. The lowest BCUT2D eigenvalue weighted by molar-refractivity contribution is -0.113. The van der Waals surface area contributed by atoms with Crippen molar-refractivity contribution in [2.45, 2.75) is 4.90 Å². The summed E-state index contributed by atoms with van der Waals surface area (Å²) in [4.78, 5) is 26.4. The molecule has 0 atom stereocenters. The second-order valence-corrected chi connectivity index (χ2v) is 7.60. The summed E-state index contributed by atoms with van der Waals surface area (Å²) in [5.41, 5.74) is 1.38. The van der Waals surface area contributed by atoms with E-state index in [1.54, 1.807) is 18.2 Å². The molecule has 3 rings (SSSR count). The van der Waals surface area contributed by atoms with E-state index in [0.717, 1.165) is 15.3 Å². The van der Waals surface area contributed by atoms with E-state index in [9.17, 15) is 14.0 Å². The highest BCUT2D eigenvalue weighted by molar-refractivity contribution is 8.00. The lowest BCUT2D eigenvalue weighted by atomic mass is 10.2. The summed E-state index contributed by atoms with van der Waals surface area (Å²) in [5, 5.41) is 2.77. The molecule has 0 radical (unpaired) electrons.